The number of fused-ring (bicyclic) bond motifs is 1. The molecule has 0 bridgehead atoms. The van der Waals surface area contributed by atoms with Gasteiger partial charge in [0.2, 0.25) is 0 Å². The Morgan fingerprint density at radius 1 is 0.875 bits per heavy atom. The highest BCUT2D eigenvalue weighted by Crippen LogP contribution is 2.24. The van der Waals surface area contributed by atoms with E-state index in [1.54, 1.807) is 24.3 Å². The number of carbonyl (C=O) groups is 2. The van der Waals surface area contributed by atoms with Gasteiger partial charge in [-0.15, -0.1) is 0 Å². The Morgan fingerprint density at radius 2 is 1.50 bits per heavy atom. The molecule has 0 aliphatic heterocycles. The average molecular weight is 322 g/mol. The minimum absolute atomic E-state index is 0.162. The highest BCUT2D eigenvalue weighted by Gasteiger charge is 2.16. The highest BCUT2D eigenvalue weighted by molar-refractivity contribution is 5.99. The second-order valence-corrected chi connectivity index (χ2v) is 5.43. The molecular weight excluding hydrogens is 304 g/mol. The van der Waals surface area contributed by atoms with Gasteiger partial charge in [-0.3, -0.25) is 9.59 Å². The van der Waals surface area contributed by atoms with Crippen LogP contribution >= 0.6 is 0 Å². The van der Waals surface area contributed by atoms with Crippen LogP contribution in [0.4, 0.5) is 0 Å². The lowest BCUT2D eigenvalue weighted by atomic mass is 10.1. The van der Waals surface area contributed by atoms with Crippen LogP contribution in [0.15, 0.2) is 59.0 Å². The molecule has 1 aromatic heterocycles. The van der Waals surface area contributed by atoms with Crippen molar-refractivity contribution in [1.29, 1.82) is 0 Å². The Labute approximate surface area is 139 Å². The SMILES string of the molecule is Cc1c(C(=O)NCCNC(=O)c2ccccc2)oc2ccccc12. The third-order valence-corrected chi connectivity index (χ3v) is 3.78. The monoisotopic (exact) mass is 322 g/mol. The maximum absolute atomic E-state index is 12.2. The number of aryl methyl sites for hydroxylation is 1. The maximum atomic E-state index is 12.2. The van der Waals surface area contributed by atoms with E-state index in [1.807, 2.05) is 37.3 Å². The molecule has 0 radical (unpaired) electrons. The Hall–Kier alpha value is -3.08. The summed E-state index contributed by atoms with van der Waals surface area (Å²) in [5.74, 6) is -0.131. The summed E-state index contributed by atoms with van der Waals surface area (Å²) in [6, 6.07) is 16.5. The number of benzene rings is 2. The van der Waals surface area contributed by atoms with Crippen molar-refractivity contribution < 1.29 is 14.0 Å². The first-order valence-corrected chi connectivity index (χ1v) is 7.76. The van der Waals surface area contributed by atoms with Crippen LogP contribution in [0.25, 0.3) is 11.0 Å². The van der Waals surface area contributed by atoms with Gasteiger partial charge >= 0.3 is 0 Å². The molecule has 24 heavy (non-hydrogen) atoms. The molecule has 2 aromatic carbocycles. The zero-order chi connectivity index (χ0) is 16.9. The average Bonchev–Trinajstić information content (AvgIpc) is 2.96. The lowest BCUT2D eigenvalue weighted by Gasteiger charge is -2.06. The van der Waals surface area contributed by atoms with Gasteiger partial charge in [-0.05, 0) is 25.1 Å². The molecule has 0 saturated carbocycles. The van der Waals surface area contributed by atoms with Crippen LogP contribution in [0, 0.1) is 6.92 Å². The molecule has 122 valence electrons. The molecule has 0 saturated heterocycles. The van der Waals surface area contributed by atoms with Crippen molar-refractivity contribution in [2.75, 3.05) is 13.1 Å². The smallest absolute Gasteiger partial charge is 0.287 e. The van der Waals surface area contributed by atoms with E-state index < -0.39 is 0 Å². The van der Waals surface area contributed by atoms with Gasteiger partial charge in [0.15, 0.2) is 5.76 Å². The third kappa shape index (κ3) is 3.30. The number of hydrogen-bond donors (Lipinski definition) is 2. The van der Waals surface area contributed by atoms with Crippen molar-refractivity contribution in [2.45, 2.75) is 6.92 Å². The molecule has 5 nitrogen and oxygen atoms in total. The Bertz CT molecular complexity index is 869. The van der Waals surface area contributed by atoms with Crippen LogP contribution in [0.1, 0.15) is 26.5 Å². The van der Waals surface area contributed by atoms with Gasteiger partial charge in [-0.1, -0.05) is 36.4 Å². The topological polar surface area (TPSA) is 71.3 Å². The number of amides is 2. The Kier molecular flexibility index (Phi) is 4.61. The molecule has 5 heteroatoms. The normalized spacial score (nSPS) is 10.5. The molecule has 0 aliphatic rings. The van der Waals surface area contributed by atoms with Crippen LogP contribution in [-0.4, -0.2) is 24.9 Å². The lowest BCUT2D eigenvalue weighted by Crippen LogP contribution is -2.34. The van der Waals surface area contributed by atoms with Crippen molar-refractivity contribution >= 4 is 22.8 Å². The summed E-state index contributed by atoms with van der Waals surface area (Å²) >= 11 is 0. The van der Waals surface area contributed by atoms with Crippen LogP contribution in [-0.2, 0) is 0 Å². The van der Waals surface area contributed by atoms with Crippen molar-refractivity contribution in [3.63, 3.8) is 0 Å². The lowest BCUT2D eigenvalue weighted by molar-refractivity contribution is 0.0911. The minimum atomic E-state index is -0.280. The van der Waals surface area contributed by atoms with Gasteiger partial charge in [-0.2, -0.15) is 0 Å². The summed E-state index contributed by atoms with van der Waals surface area (Å²) in [6.07, 6.45) is 0. The summed E-state index contributed by atoms with van der Waals surface area (Å²) in [5, 5.41) is 6.45. The molecule has 0 atom stereocenters. The zero-order valence-electron chi connectivity index (χ0n) is 13.3. The number of hydrogen-bond acceptors (Lipinski definition) is 3. The van der Waals surface area contributed by atoms with Crippen molar-refractivity contribution in [2.24, 2.45) is 0 Å². The van der Waals surface area contributed by atoms with E-state index in [2.05, 4.69) is 10.6 Å². The fourth-order valence-corrected chi connectivity index (χ4v) is 2.51. The van der Waals surface area contributed by atoms with Gasteiger partial charge in [0.1, 0.15) is 5.58 Å². The molecule has 3 rings (SSSR count). The second-order valence-electron chi connectivity index (χ2n) is 5.43. The van der Waals surface area contributed by atoms with E-state index in [0.29, 0.717) is 30.0 Å². The second kappa shape index (κ2) is 7.00. The maximum Gasteiger partial charge on any atom is 0.287 e. The van der Waals surface area contributed by atoms with Gasteiger partial charge in [0.05, 0.1) is 0 Å². The van der Waals surface area contributed by atoms with Crippen molar-refractivity contribution in [3.8, 4) is 0 Å². The van der Waals surface area contributed by atoms with E-state index in [1.165, 1.54) is 0 Å². The minimum Gasteiger partial charge on any atom is -0.451 e. The molecule has 0 fully saturated rings. The van der Waals surface area contributed by atoms with Gasteiger partial charge in [-0.25, -0.2) is 0 Å². The third-order valence-electron chi connectivity index (χ3n) is 3.78. The first kappa shape index (κ1) is 15.8. The quantitative estimate of drug-likeness (QED) is 0.710. The predicted octanol–water partition coefficient (Wildman–Crippen LogP) is 2.90. The molecule has 1 heterocycles. The zero-order valence-corrected chi connectivity index (χ0v) is 13.3. The van der Waals surface area contributed by atoms with E-state index in [0.717, 1.165) is 10.9 Å². The highest BCUT2D eigenvalue weighted by atomic mass is 16.3. The summed E-state index contributed by atoms with van der Waals surface area (Å²) in [5.41, 5.74) is 2.10. The number of rotatable bonds is 5. The van der Waals surface area contributed by atoms with E-state index in [4.69, 9.17) is 4.42 Å². The van der Waals surface area contributed by atoms with E-state index in [-0.39, 0.29) is 11.8 Å². The molecule has 3 aromatic rings. The standard InChI is InChI=1S/C19H18N2O3/c1-13-15-9-5-6-10-16(15)24-17(13)19(23)21-12-11-20-18(22)14-7-3-2-4-8-14/h2-10H,11-12H2,1H3,(H,20,22)(H,21,23). The molecule has 2 N–H and O–H groups in total. The molecule has 0 spiro atoms. The van der Waals surface area contributed by atoms with Crippen LogP contribution in [0.5, 0.6) is 0 Å². The summed E-state index contributed by atoms with van der Waals surface area (Å²) in [6.45, 7) is 2.53. The van der Waals surface area contributed by atoms with Crippen molar-refractivity contribution in [3.05, 3.63) is 71.5 Å². The van der Waals surface area contributed by atoms with Crippen LogP contribution in [0.3, 0.4) is 0 Å². The Morgan fingerprint density at radius 3 is 2.21 bits per heavy atom. The summed E-state index contributed by atoms with van der Waals surface area (Å²) < 4.78 is 5.61. The van der Waals surface area contributed by atoms with Gasteiger partial charge in [0.25, 0.3) is 11.8 Å². The van der Waals surface area contributed by atoms with Gasteiger partial charge in [0, 0.05) is 29.6 Å². The molecular formula is C19H18N2O3. The van der Waals surface area contributed by atoms with E-state index in [9.17, 15) is 9.59 Å². The van der Waals surface area contributed by atoms with E-state index >= 15 is 0 Å². The first-order valence-electron chi connectivity index (χ1n) is 7.76. The van der Waals surface area contributed by atoms with Crippen molar-refractivity contribution in [1.82, 2.24) is 10.6 Å². The number of furan rings is 1. The summed E-state index contributed by atoms with van der Waals surface area (Å²) in [7, 11) is 0. The van der Waals surface area contributed by atoms with Crippen LogP contribution in [0.2, 0.25) is 0 Å². The summed E-state index contributed by atoms with van der Waals surface area (Å²) in [4.78, 5) is 24.1. The van der Waals surface area contributed by atoms with Crippen LogP contribution < -0.4 is 10.6 Å². The Balaban J connectivity index is 1.54. The molecule has 0 unspecified atom stereocenters. The number of nitrogens with one attached hydrogen (secondary N) is 2. The number of para-hydroxylation sites is 1. The first-order chi connectivity index (χ1) is 11.7. The van der Waals surface area contributed by atoms with Gasteiger partial charge < -0.3 is 15.1 Å². The number of carbonyl (C=O) groups excluding carboxylic acids is 2. The predicted molar refractivity (Wildman–Crippen MR) is 92.1 cm³/mol. The molecule has 0 aliphatic carbocycles. The largest absolute Gasteiger partial charge is 0.451 e. The molecule has 2 amide bonds. The fraction of sp³-hybridized carbons (Fsp3) is 0.158. The fourth-order valence-electron chi connectivity index (χ4n) is 2.51.